The molecule has 8 heteroatoms. The van der Waals surface area contributed by atoms with Gasteiger partial charge in [0.15, 0.2) is 5.76 Å². The second-order valence-electron chi connectivity index (χ2n) is 5.31. The summed E-state index contributed by atoms with van der Waals surface area (Å²) in [6.07, 6.45) is 1.41. The van der Waals surface area contributed by atoms with E-state index in [-0.39, 0.29) is 22.6 Å². The summed E-state index contributed by atoms with van der Waals surface area (Å²) < 4.78 is 5.04. The average Bonchev–Trinajstić information content (AvgIpc) is 3.25. The summed E-state index contributed by atoms with van der Waals surface area (Å²) in [7, 11) is 0. The van der Waals surface area contributed by atoms with Crippen LogP contribution in [-0.2, 0) is 0 Å². The molecule has 0 saturated heterocycles. The van der Waals surface area contributed by atoms with Gasteiger partial charge in [-0.15, -0.1) is 11.3 Å². The third kappa shape index (κ3) is 3.77. The van der Waals surface area contributed by atoms with Gasteiger partial charge in [0, 0.05) is 5.69 Å². The van der Waals surface area contributed by atoms with E-state index in [4.69, 9.17) is 21.3 Å². The van der Waals surface area contributed by atoms with Gasteiger partial charge in [-0.3, -0.25) is 9.59 Å². The Morgan fingerprint density at radius 1 is 1.19 bits per heavy atom. The number of carbonyl (C=O) groups is 2. The predicted octanol–water partition coefficient (Wildman–Crippen LogP) is 4.68. The average molecular weight is 386 g/mol. The van der Waals surface area contributed by atoms with Gasteiger partial charge in [0.2, 0.25) is 0 Å². The fraction of sp³-hybridized carbons (Fsp3) is 0.0556. The summed E-state index contributed by atoms with van der Waals surface area (Å²) in [6, 6.07) is 11.5. The molecule has 2 amide bonds. The summed E-state index contributed by atoms with van der Waals surface area (Å²) in [5.74, 6) is -0.525. The molecule has 0 bridgehead atoms. The van der Waals surface area contributed by atoms with Gasteiger partial charge in [-0.2, -0.15) is 5.26 Å². The van der Waals surface area contributed by atoms with E-state index in [0.29, 0.717) is 21.1 Å². The van der Waals surface area contributed by atoms with E-state index in [2.05, 4.69) is 10.6 Å². The summed E-state index contributed by atoms with van der Waals surface area (Å²) in [5.41, 5.74) is 1.54. The molecule has 0 radical (unpaired) electrons. The second-order valence-corrected chi connectivity index (χ2v) is 6.77. The Bertz CT molecular complexity index is 1020. The van der Waals surface area contributed by atoms with Crippen molar-refractivity contribution in [2.45, 2.75) is 6.92 Å². The van der Waals surface area contributed by atoms with Crippen LogP contribution in [0.25, 0.3) is 0 Å². The minimum absolute atomic E-state index is 0.189. The lowest BCUT2D eigenvalue weighted by Crippen LogP contribution is -2.11. The highest BCUT2D eigenvalue weighted by atomic mass is 35.5. The van der Waals surface area contributed by atoms with Crippen LogP contribution in [0.3, 0.4) is 0 Å². The minimum Gasteiger partial charge on any atom is -0.459 e. The number of benzene rings is 1. The van der Waals surface area contributed by atoms with Gasteiger partial charge >= 0.3 is 0 Å². The van der Waals surface area contributed by atoms with Crippen LogP contribution in [-0.4, -0.2) is 11.8 Å². The van der Waals surface area contributed by atoms with Crippen molar-refractivity contribution >= 4 is 45.4 Å². The molecular formula is C18H12ClN3O3S. The molecule has 2 aromatic heterocycles. The van der Waals surface area contributed by atoms with Crippen LogP contribution in [0.5, 0.6) is 0 Å². The molecular weight excluding hydrogens is 374 g/mol. The second kappa shape index (κ2) is 7.44. The lowest BCUT2D eigenvalue weighted by atomic mass is 10.2. The lowest BCUT2D eigenvalue weighted by Gasteiger charge is -2.05. The summed E-state index contributed by atoms with van der Waals surface area (Å²) in [5, 5.41) is 15.1. The highest BCUT2D eigenvalue weighted by Crippen LogP contribution is 2.28. The number of furan rings is 1. The molecule has 130 valence electrons. The molecule has 3 aromatic rings. The van der Waals surface area contributed by atoms with Crippen molar-refractivity contribution < 1.29 is 14.0 Å². The molecule has 2 heterocycles. The van der Waals surface area contributed by atoms with Crippen molar-refractivity contribution in [2.24, 2.45) is 0 Å². The third-order valence-electron chi connectivity index (χ3n) is 3.45. The Kier molecular flexibility index (Phi) is 5.07. The van der Waals surface area contributed by atoms with Crippen molar-refractivity contribution in [3.8, 4) is 6.07 Å². The van der Waals surface area contributed by atoms with Crippen LogP contribution >= 0.6 is 22.9 Å². The first-order valence-electron chi connectivity index (χ1n) is 7.44. The normalized spacial score (nSPS) is 10.2. The number of amides is 2. The maximum absolute atomic E-state index is 12.5. The van der Waals surface area contributed by atoms with Gasteiger partial charge in [0.25, 0.3) is 11.8 Å². The van der Waals surface area contributed by atoms with Crippen molar-refractivity contribution in [1.82, 2.24) is 0 Å². The molecule has 0 saturated carbocycles. The van der Waals surface area contributed by atoms with Crippen molar-refractivity contribution in [1.29, 1.82) is 5.26 Å². The lowest BCUT2D eigenvalue weighted by molar-refractivity contribution is 0.0995. The number of rotatable bonds is 4. The van der Waals surface area contributed by atoms with E-state index in [0.717, 1.165) is 16.9 Å². The van der Waals surface area contributed by atoms with E-state index in [9.17, 15) is 9.59 Å². The van der Waals surface area contributed by atoms with Gasteiger partial charge in [0.1, 0.15) is 6.07 Å². The molecule has 6 nitrogen and oxygen atoms in total. The zero-order chi connectivity index (χ0) is 18.7. The standard InChI is InChI=1S/C18H12ClN3O3S/c1-10-7-15(22-17(23)14-3-2-6-25-14)26-16(10)18(24)21-12-5-4-11(9-20)13(19)8-12/h2-8H,1H3,(H,21,24)(H,22,23). The molecule has 2 N–H and O–H groups in total. The third-order valence-corrected chi connectivity index (χ3v) is 4.92. The number of anilines is 2. The van der Waals surface area contributed by atoms with Crippen molar-refractivity contribution in [3.05, 3.63) is 69.4 Å². The molecule has 3 rings (SSSR count). The number of carbonyl (C=O) groups excluding carboxylic acids is 2. The van der Waals surface area contributed by atoms with Crippen LogP contribution in [0.2, 0.25) is 5.02 Å². The quantitative estimate of drug-likeness (QED) is 0.681. The van der Waals surface area contributed by atoms with E-state index >= 15 is 0 Å². The van der Waals surface area contributed by atoms with E-state index in [1.165, 1.54) is 18.4 Å². The Morgan fingerprint density at radius 2 is 2.00 bits per heavy atom. The summed E-state index contributed by atoms with van der Waals surface area (Å²) >= 11 is 7.13. The number of halogens is 1. The summed E-state index contributed by atoms with van der Waals surface area (Å²) in [6.45, 7) is 1.78. The number of aryl methyl sites for hydroxylation is 1. The monoisotopic (exact) mass is 385 g/mol. The predicted molar refractivity (Wildman–Crippen MR) is 99.8 cm³/mol. The molecule has 0 atom stereocenters. The van der Waals surface area contributed by atoms with Crippen LogP contribution in [0.15, 0.2) is 47.1 Å². The van der Waals surface area contributed by atoms with Gasteiger partial charge in [0.05, 0.1) is 26.7 Å². The maximum Gasteiger partial charge on any atom is 0.291 e. The summed E-state index contributed by atoms with van der Waals surface area (Å²) in [4.78, 5) is 25.0. The highest BCUT2D eigenvalue weighted by Gasteiger charge is 2.17. The Morgan fingerprint density at radius 3 is 2.65 bits per heavy atom. The van der Waals surface area contributed by atoms with Crippen molar-refractivity contribution in [3.63, 3.8) is 0 Å². The molecule has 26 heavy (non-hydrogen) atoms. The zero-order valence-electron chi connectivity index (χ0n) is 13.5. The van der Waals surface area contributed by atoms with Crippen LogP contribution in [0, 0.1) is 18.3 Å². The molecule has 0 unspecified atom stereocenters. The molecule has 0 aliphatic carbocycles. The molecule has 0 fully saturated rings. The molecule has 0 aliphatic rings. The fourth-order valence-corrected chi connectivity index (χ4v) is 3.41. The zero-order valence-corrected chi connectivity index (χ0v) is 15.1. The SMILES string of the molecule is Cc1cc(NC(=O)c2ccco2)sc1C(=O)Nc1ccc(C#N)c(Cl)c1. The molecule has 0 aliphatic heterocycles. The topological polar surface area (TPSA) is 95.1 Å². The first-order chi connectivity index (χ1) is 12.5. The Hall–Kier alpha value is -3.08. The number of hydrogen-bond acceptors (Lipinski definition) is 5. The number of thiophene rings is 1. The number of nitriles is 1. The Labute approximate surface area is 158 Å². The highest BCUT2D eigenvalue weighted by molar-refractivity contribution is 7.18. The molecule has 1 aromatic carbocycles. The van der Waals surface area contributed by atoms with Gasteiger partial charge in [-0.1, -0.05) is 11.6 Å². The van der Waals surface area contributed by atoms with E-state index in [1.807, 2.05) is 6.07 Å². The largest absolute Gasteiger partial charge is 0.459 e. The van der Waals surface area contributed by atoms with Gasteiger partial charge < -0.3 is 15.1 Å². The number of nitrogens with one attached hydrogen (secondary N) is 2. The van der Waals surface area contributed by atoms with Crippen LogP contribution < -0.4 is 10.6 Å². The molecule has 0 spiro atoms. The smallest absolute Gasteiger partial charge is 0.291 e. The minimum atomic E-state index is -0.387. The maximum atomic E-state index is 12.5. The van der Waals surface area contributed by atoms with Crippen LogP contribution in [0.1, 0.15) is 31.4 Å². The van der Waals surface area contributed by atoms with Gasteiger partial charge in [-0.25, -0.2) is 0 Å². The number of nitrogens with zero attached hydrogens (tertiary/aromatic N) is 1. The fourth-order valence-electron chi connectivity index (χ4n) is 2.22. The first kappa shape index (κ1) is 17.7. The van der Waals surface area contributed by atoms with E-state index < -0.39 is 0 Å². The number of hydrogen-bond donors (Lipinski definition) is 2. The van der Waals surface area contributed by atoms with Crippen LogP contribution in [0.4, 0.5) is 10.7 Å². The van der Waals surface area contributed by atoms with Crippen molar-refractivity contribution in [2.75, 3.05) is 10.6 Å². The first-order valence-corrected chi connectivity index (χ1v) is 8.63. The van der Waals surface area contributed by atoms with E-state index in [1.54, 1.807) is 31.2 Å². The Balaban J connectivity index is 1.74. The van der Waals surface area contributed by atoms with Gasteiger partial charge in [-0.05, 0) is 48.9 Å².